The predicted octanol–water partition coefficient (Wildman–Crippen LogP) is 1.60. The number of thiophene rings is 1. The highest BCUT2D eigenvalue weighted by molar-refractivity contribution is 7.20. The van der Waals surface area contributed by atoms with Gasteiger partial charge < -0.3 is 10.2 Å². The molecule has 0 amide bonds. The van der Waals surface area contributed by atoms with Crippen LogP contribution in [0.4, 0.5) is 0 Å². The Kier molecular flexibility index (Phi) is 4.24. The number of rotatable bonds is 5. The van der Waals surface area contributed by atoms with Gasteiger partial charge in [-0.2, -0.15) is 5.10 Å². The second kappa shape index (κ2) is 6.42. The van der Waals surface area contributed by atoms with Crippen LogP contribution in [-0.2, 0) is 11.3 Å². The lowest BCUT2D eigenvalue weighted by atomic mass is 10.2. The summed E-state index contributed by atoms with van der Waals surface area (Å²) in [5, 5.41) is 4.71. The van der Waals surface area contributed by atoms with Crippen LogP contribution in [-0.4, -0.2) is 35.1 Å². The van der Waals surface area contributed by atoms with E-state index in [0.717, 1.165) is 47.6 Å². The molecule has 2 aliphatic rings. The minimum absolute atomic E-state index is 0.0443. The number of hydrazone groups is 1. The summed E-state index contributed by atoms with van der Waals surface area (Å²) in [6.45, 7) is 3.18. The van der Waals surface area contributed by atoms with E-state index >= 15 is 0 Å². The minimum atomic E-state index is -0.200. The van der Waals surface area contributed by atoms with Crippen LogP contribution >= 0.6 is 11.3 Å². The van der Waals surface area contributed by atoms with Crippen LogP contribution in [0.15, 0.2) is 14.7 Å². The Balaban J connectivity index is 1.95. The fraction of sp³-hybridized carbons (Fsp3) is 0.588. The zero-order valence-electron chi connectivity index (χ0n) is 14.4. The molecule has 1 atom stereocenters. The first-order chi connectivity index (χ1) is 12.1. The lowest BCUT2D eigenvalue weighted by Gasteiger charge is -2.15. The summed E-state index contributed by atoms with van der Waals surface area (Å²) < 4.78 is 8.93. The summed E-state index contributed by atoms with van der Waals surface area (Å²) >= 11 is 1.45. The third-order valence-corrected chi connectivity index (χ3v) is 6.16. The molecule has 1 aliphatic carbocycles. The Morgan fingerprint density at radius 3 is 2.80 bits per heavy atom. The summed E-state index contributed by atoms with van der Waals surface area (Å²) in [7, 11) is 1.73. The Hall–Kier alpha value is -1.93. The number of fused-ring (bicyclic) bond motifs is 1. The quantitative estimate of drug-likeness (QED) is 0.647. The van der Waals surface area contributed by atoms with Crippen molar-refractivity contribution in [2.75, 3.05) is 13.7 Å². The first-order valence-electron chi connectivity index (χ1n) is 8.71. The van der Waals surface area contributed by atoms with Gasteiger partial charge in [0.2, 0.25) is 0 Å². The van der Waals surface area contributed by atoms with Crippen molar-refractivity contribution in [1.29, 1.82) is 0 Å². The number of aryl methyl sites for hydroxylation is 1. The van der Waals surface area contributed by atoms with E-state index in [-0.39, 0.29) is 23.4 Å². The highest BCUT2D eigenvalue weighted by atomic mass is 32.1. The molecule has 1 aliphatic heterocycles. The lowest BCUT2D eigenvalue weighted by molar-refractivity contribution is 0.0966. The van der Waals surface area contributed by atoms with E-state index < -0.39 is 0 Å². The van der Waals surface area contributed by atoms with Crippen molar-refractivity contribution in [1.82, 2.24) is 14.6 Å². The molecule has 0 aromatic carbocycles. The zero-order chi connectivity index (χ0) is 17.6. The van der Waals surface area contributed by atoms with Crippen LogP contribution in [0.1, 0.15) is 42.2 Å². The molecule has 7 nitrogen and oxygen atoms in total. The molecule has 2 fully saturated rings. The molecule has 134 valence electrons. The normalized spacial score (nSPS) is 20.8. The van der Waals surface area contributed by atoms with Crippen molar-refractivity contribution in [3.05, 3.63) is 31.3 Å². The fourth-order valence-corrected chi connectivity index (χ4v) is 4.61. The molecular formula is C17H22N4O3S. The highest BCUT2D eigenvalue weighted by Gasteiger charge is 2.31. The molecule has 0 spiro atoms. The van der Waals surface area contributed by atoms with E-state index in [9.17, 15) is 9.59 Å². The van der Waals surface area contributed by atoms with Crippen molar-refractivity contribution in [2.45, 2.75) is 51.3 Å². The summed E-state index contributed by atoms with van der Waals surface area (Å²) in [6, 6.07) is 0.0499. The summed E-state index contributed by atoms with van der Waals surface area (Å²) in [6.07, 6.45) is 5.53. The maximum absolute atomic E-state index is 13.0. The lowest BCUT2D eigenvalue weighted by Crippen LogP contribution is -2.40. The van der Waals surface area contributed by atoms with Crippen molar-refractivity contribution in [3.63, 3.8) is 0 Å². The van der Waals surface area contributed by atoms with Gasteiger partial charge in [-0.05, 0) is 38.2 Å². The summed E-state index contributed by atoms with van der Waals surface area (Å²) in [4.78, 5) is 27.7. The SMILES string of the molecule is CN/N=C/c1sc2c(c1C)c(=O)n(C1CC1)c(=O)n2CC1CCCO1. The molecule has 1 unspecified atom stereocenters. The Bertz CT molecular complexity index is 945. The smallest absolute Gasteiger partial charge is 0.332 e. The van der Waals surface area contributed by atoms with E-state index in [2.05, 4.69) is 10.5 Å². The molecule has 8 heteroatoms. The summed E-state index contributed by atoms with van der Waals surface area (Å²) in [5.41, 5.74) is 3.26. The molecular weight excluding hydrogens is 340 g/mol. The van der Waals surface area contributed by atoms with Gasteiger partial charge in [0.1, 0.15) is 4.83 Å². The monoisotopic (exact) mass is 362 g/mol. The van der Waals surface area contributed by atoms with Gasteiger partial charge in [-0.25, -0.2) is 4.79 Å². The number of nitrogens with zero attached hydrogens (tertiary/aromatic N) is 3. The van der Waals surface area contributed by atoms with Gasteiger partial charge in [-0.1, -0.05) is 0 Å². The van der Waals surface area contributed by atoms with E-state index in [4.69, 9.17) is 4.74 Å². The van der Waals surface area contributed by atoms with Crippen LogP contribution in [0, 0.1) is 6.92 Å². The van der Waals surface area contributed by atoms with Crippen LogP contribution in [0.5, 0.6) is 0 Å². The second-order valence-electron chi connectivity index (χ2n) is 6.69. The van der Waals surface area contributed by atoms with Crippen molar-refractivity contribution < 1.29 is 4.74 Å². The first-order valence-corrected chi connectivity index (χ1v) is 9.53. The Labute approximate surface area is 148 Å². The van der Waals surface area contributed by atoms with Gasteiger partial charge in [0, 0.05) is 19.7 Å². The number of ether oxygens (including phenoxy) is 1. The van der Waals surface area contributed by atoms with Gasteiger partial charge >= 0.3 is 5.69 Å². The van der Waals surface area contributed by atoms with Crippen LogP contribution < -0.4 is 16.7 Å². The number of nitrogens with one attached hydrogen (secondary N) is 1. The number of hydrogen-bond donors (Lipinski definition) is 1. The van der Waals surface area contributed by atoms with Crippen molar-refractivity contribution in [2.24, 2.45) is 5.10 Å². The fourth-order valence-electron chi connectivity index (χ4n) is 3.44. The molecule has 2 aromatic heterocycles. The molecule has 25 heavy (non-hydrogen) atoms. The van der Waals surface area contributed by atoms with Gasteiger partial charge in [0.15, 0.2) is 0 Å². The van der Waals surface area contributed by atoms with Crippen LogP contribution in [0.2, 0.25) is 0 Å². The zero-order valence-corrected chi connectivity index (χ0v) is 15.3. The molecule has 0 radical (unpaired) electrons. The largest absolute Gasteiger partial charge is 0.376 e. The number of aromatic nitrogens is 2. The third kappa shape index (κ3) is 2.83. The molecule has 2 aromatic rings. The Morgan fingerprint density at radius 2 is 2.16 bits per heavy atom. The van der Waals surface area contributed by atoms with Crippen molar-refractivity contribution in [3.8, 4) is 0 Å². The molecule has 0 bridgehead atoms. The van der Waals surface area contributed by atoms with Gasteiger partial charge in [-0.15, -0.1) is 11.3 Å². The average Bonchev–Trinajstić information content (AvgIpc) is 3.17. The molecule has 1 saturated carbocycles. The van der Waals surface area contributed by atoms with Gasteiger partial charge in [0.05, 0.1) is 29.1 Å². The van der Waals surface area contributed by atoms with Gasteiger partial charge in [-0.3, -0.25) is 13.9 Å². The average molecular weight is 362 g/mol. The number of hydrogen-bond acceptors (Lipinski definition) is 6. The predicted molar refractivity (Wildman–Crippen MR) is 99.0 cm³/mol. The maximum atomic E-state index is 13.0. The van der Waals surface area contributed by atoms with Crippen LogP contribution in [0.25, 0.3) is 10.2 Å². The van der Waals surface area contributed by atoms with E-state index in [1.165, 1.54) is 15.9 Å². The first kappa shape index (κ1) is 16.5. The second-order valence-corrected chi connectivity index (χ2v) is 7.72. The molecule has 4 rings (SSSR count). The van der Waals surface area contributed by atoms with Gasteiger partial charge in [0.25, 0.3) is 5.56 Å². The molecule has 1 saturated heterocycles. The van der Waals surface area contributed by atoms with E-state index in [1.807, 2.05) is 6.92 Å². The van der Waals surface area contributed by atoms with E-state index in [1.54, 1.807) is 17.8 Å². The van der Waals surface area contributed by atoms with Crippen LogP contribution in [0.3, 0.4) is 0 Å². The highest BCUT2D eigenvalue weighted by Crippen LogP contribution is 2.34. The summed E-state index contributed by atoms with van der Waals surface area (Å²) in [5.74, 6) is 0. The topological polar surface area (TPSA) is 77.6 Å². The maximum Gasteiger partial charge on any atom is 0.332 e. The molecule has 3 heterocycles. The standard InChI is InChI=1S/C17H22N4O3S/c1-10-13(8-19-18-2)25-16-14(10)15(22)21(11-5-6-11)17(23)20(16)9-12-4-3-7-24-12/h8,11-12,18H,3-7,9H2,1-2H3/b19-8+. The Morgan fingerprint density at radius 1 is 1.36 bits per heavy atom. The van der Waals surface area contributed by atoms with E-state index in [0.29, 0.717) is 11.9 Å². The molecule has 1 N–H and O–H groups in total. The van der Waals surface area contributed by atoms with Crippen molar-refractivity contribution >= 4 is 27.8 Å². The third-order valence-electron chi connectivity index (χ3n) is 4.91. The minimum Gasteiger partial charge on any atom is -0.376 e.